The van der Waals surface area contributed by atoms with E-state index in [0.29, 0.717) is 12.2 Å². The average Bonchev–Trinajstić information content (AvgIpc) is 2.79. The quantitative estimate of drug-likeness (QED) is 0.553. The summed E-state index contributed by atoms with van der Waals surface area (Å²) in [6.45, 7) is 3.83. The van der Waals surface area contributed by atoms with Crippen molar-refractivity contribution < 1.29 is 29.9 Å². The molecule has 0 saturated carbocycles. The molecule has 7 heteroatoms. The molecule has 1 fully saturated rings. The fourth-order valence-corrected chi connectivity index (χ4v) is 4.46. The molecule has 1 saturated heterocycles. The predicted molar refractivity (Wildman–Crippen MR) is 116 cm³/mol. The van der Waals surface area contributed by atoms with E-state index in [-0.39, 0.29) is 0 Å². The highest BCUT2D eigenvalue weighted by Gasteiger charge is 2.44. The second-order valence-corrected chi connectivity index (χ2v) is 8.24. The molecule has 0 radical (unpaired) electrons. The molecular weight excluding hydrogens is 398 g/mol. The molecule has 5 atom stereocenters. The van der Waals surface area contributed by atoms with E-state index in [4.69, 9.17) is 9.47 Å². The van der Waals surface area contributed by atoms with Crippen LogP contribution in [0.1, 0.15) is 36.1 Å². The van der Waals surface area contributed by atoms with Crippen LogP contribution in [-0.2, 0) is 17.7 Å². The first kappa shape index (κ1) is 22.0. The van der Waals surface area contributed by atoms with Gasteiger partial charge in [-0.05, 0) is 54.7 Å². The van der Waals surface area contributed by atoms with E-state index in [1.165, 1.54) is 11.1 Å². The zero-order chi connectivity index (χ0) is 22.0. The van der Waals surface area contributed by atoms with Gasteiger partial charge in [0, 0.05) is 18.8 Å². The number of hydrogen-bond donors (Lipinski definition) is 4. The molecule has 0 aromatic heterocycles. The summed E-state index contributed by atoms with van der Waals surface area (Å²) in [6, 6.07) is 14.0. The van der Waals surface area contributed by atoms with E-state index in [0.717, 1.165) is 37.4 Å². The van der Waals surface area contributed by atoms with Crippen molar-refractivity contribution in [2.24, 2.45) is 0 Å². The van der Waals surface area contributed by atoms with Crippen LogP contribution in [0.3, 0.4) is 0 Å². The molecule has 31 heavy (non-hydrogen) atoms. The number of rotatable bonds is 6. The molecule has 2 aromatic carbocycles. The number of ether oxygens (including phenoxy) is 2. The molecule has 4 N–H and O–H groups in total. The van der Waals surface area contributed by atoms with Gasteiger partial charge < -0.3 is 34.8 Å². The summed E-state index contributed by atoms with van der Waals surface area (Å²) < 4.78 is 11.3. The van der Waals surface area contributed by atoms with Crippen molar-refractivity contribution in [2.45, 2.75) is 56.8 Å². The van der Waals surface area contributed by atoms with Gasteiger partial charge in [-0.3, -0.25) is 0 Å². The molecule has 168 valence electrons. The van der Waals surface area contributed by atoms with Crippen molar-refractivity contribution in [1.82, 2.24) is 0 Å². The molecule has 0 spiro atoms. The number of nitrogens with zero attached hydrogens (tertiary/aromatic N) is 1. The Morgan fingerprint density at radius 2 is 1.81 bits per heavy atom. The molecule has 0 unspecified atom stereocenters. The lowest BCUT2D eigenvalue weighted by molar-refractivity contribution is -0.231. The first-order chi connectivity index (χ1) is 15.0. The van der Waals surface area contributed by atoms with Gasteiger partial charge >= 0.3 is 0 Å². The average molecular weight is 430 g/mol. The largest absolute Gasteiger partial charge is 0.494 e. The highest BCUT2D eigenvalue weighted by atomic mass is 16.5. The van der Waals surface area contributed by atoms with Gasteiger partial charge in [0.1, 0.15) is 36.3 Å². The molecule has 4 rings (SSSR count). The molecular formula is C24H31NO6. The van der Waals surface area contributed by atoms with E-state index in [2.05, 4.69) is 17.0 Å². The van der Waals surface area contributed by atoms with Crippen molar-refractivity contribution in [3.8, 4) is 5.75 Å². The Labute approximate surface area is 182 Å². The Bertz CT molecular complexity index is 871. The number of aryl methyl sites for hydroxylation is 1. The molecule has 2 heterocycles. The van der Waals surface area contributed by atoms with Crippen LogP contribution in [0.4, 0.5) is 5.69 Å². The van der Waals surface area contributed by atoms with Gasteiger partial charge in [0.25, 0.3) is 0 Å². The van der Waals surface area contributed by atoms with Crippen LogP contribution in [0.5, 0.6) is 5.75 Å². The third-order valence-electron chi connectivity index (χ3n) is 6.15. The maximum atomic E-state index is 10.5. The van der Waals surface area contributed by atoms with E-state index >= 15 is 0 Å². The fourth-order valence-electron chi connectivity index (χ4n) is 4.46. The topological polar surface area (TPSA) is 103 Å². The highest BCUT2D eigenvalue weighted by molar-refractivity contribution is 5.58. The van der Waals surface area contributed by atoms with Gasteiger partial charge in [-0.1, -0.05) is 24.3 Å². The van der Waals surface area contributed by atoms with Gasteiger partial charge in [-0.15, -0.1) is 0 Å². The summed E-state index contributed by atoms with van der Waals surface area (Å²) in [5.41, 5.74) is 4.20. The van der Waals surface area contributed by atoms with Gasteiger partial charge in [0.05, 0.1) is 13.2 Å². The molecule has 0 amide bonds. The molecule has 2 aliphatic rings. The lowest BCUT2D eigenvalue weighted by Gasteiger charge is -2.41. The second kappa shape index (κ2) is 9.54. The van der Waals surface area contributed by atoms with E-state index < -0.39 is 37.1 Å². The Balaban J connectivity index is 1.57. The number of fused-ring (bicyclic) bond motifs is 1. The van der Waals surface area contributed by atoms with E-state index in [1.54, 1.807) is 0 Å². The summed E-state index contributed by atoms with van der Waals surface area (Å²) in [7, 11) is 0. The van der Waals surface area contributed by atoms with E-state index in [1.807, 2.05) is 37.3 Å². The molecule has 2 aliphatic heterocycles. The van der Waals surface area contributed by atoms with Crippen LogP contribution in [0.15, 0.2) is 42.5 Å². The van der Waals surface area contributed by atoms with Crippen LogP contribution in [0.25, 0.3) is 0 Å². The zero-order valence-corrected chi connectivity index (χ0v) is 17.7. The van der Waals surface area contributed by atoms with Crippen molar-refractivity contribution >= 4 is 5.69 Å². The van der Waals surface area contributed by atoms with Crippen molar-refractivity contribution in [3.63, 3.8) is 0 Å². The summed E-state index contributed by atoms with van der Waals surface area (Å²) >= 11 is 0. The second-order valence-electron chi connectivity index (χ2n) is 8.24. The van der Waals surface area contributed by atoms with Gasteiger partial charge in [0.15, 0.2) is 0 Å². The van der Waals surface area contributed by atoms with Crippen molar-refractivity contribution in [1.29, 1.82) is 0 Å². The maximum absolute atomic E-state index is 10.5. The van der Waals surface area contributed by atoms with Gasteiger partial charge in [0.2, 0.25) is 0 Å². The summed E-state index contributed by atoms with van der Waals surface area (Å²) in [5.74, 6) is 0.857. The smallest absolute Gasteiger partial charge is 0.119 e. The standard InChI is InChI=1S/C24H31NO6/c1-2-30-18-9-5-15(6-10-18)13-25-11-3-4-16-7-8-17(12-19(16)25)24-23(29)22(28)21(27)20(14-26)31-24/h5-10,12,20-24,26-29H,2-4,11,13-14H2,1H3/t20-,21-,22+,23-,24+/m1/s1. The van der Waals surface area contributed by atoms with E-state index in [9.17, 15) is 20.4 Å². The minimum Gasteiger partial charge on any atom is -0.494 e. The normalized spacial score (nSPS) is 28.3. The van der Waals surface area contributed by atoms with Crippen LogP contribution in [-0.4, -0.2) is 64.6 Å². The van der Waals surface area contributed by atoms with Crippen molar-refractivity contribution in [3.05, 3.63) is 59.2 Å². The zero-order valence-electron chi connectivity index (χ0n) is 17.7. The number of benzene rings is 2. The number of hydrogen-bond acceptors (Lipinski definition) is 7. The van der Waals surface area contributed by atoms with Crippen LogP contribution in [0.2, 0.25) is 0 Å². The summed E-state index contributed by atoms with van der Waals surface area (Å²) in [5, 5.41) is 40.2. The molecule has 2 aromatic rings. The molecule has 7 nitrogen and oxygen atoms in total. The summed E-state index contributed by atoms with van der Waals surface area (Å²) in [4.78, 5) is 2.31. The molecule has 0 aliphatic carbocycles. The lowest BCUT2D eigenvalue weighted by Crippen LogP contribution is -2.55. The fraction of sp³-hybridized carbons (Fsp3) is 0.500. The van der Waals surface area contributed by atoms with Crippen LogP contribution >= 0.6 is 0 Å². The van der Waals surface area contributed by atoms with Gasteiger partial charge in [-0.25, -0.2) is 0 Å². The Hall–Kier alpha value is -2.16. The van der Waals surface area contributed by atoms with Crippen molar-refractivity contribution in [2.75, 3.05) is 24.7 Å². The monoisotopic (exact) mass is 429 g/mol. The highest BCUT2D eigenvalue weighted by Crippen LogP contribution is 2.37. The SMILES string of the molecule is CCOc1ccc(CN2CCCc3ccc([C@@H]4O[C@H](CO)[C@@H](O)[C@H](O)[C@H]4O)cc32)cc1. The number of aliphatic hydroxyl groups is 4. The third kappa shape index (κ3) is 4.56. The summed E-state index contributed by atoms with van der Waals surface area (Å²) in [6.07, 6.45) is -3.72. The van der Waals surface area contributed by atoms with Gasteiger partial charge in [-0.2, -0.15) is 0 Å². The Morgan fingerprint density at radius 1 is 1.03 bits per heavy atom. The minimum atomic E-state index is -1.38. The molecule has 0 bridgehead atoms. The lowest BCUT2D eigenvalue weighted by atomic mass is 9.89. The van der Waals surface area contributed by atoms with Crippen LogP contribution < -0.4 is 9.64 Å². The third-order valence-corrected chi connectivity index (χ3v) is 6.15. The predicted octanol–water partition coefficient (Wildman–Crippen LogP) is 1.55. The Morgan fingerprint density at radius 3 is 2.52 bits per heavy atom. The maximum Gasteiger partial charge on any atom is 0.119 e. The number of anilines is 1. The first-order valence-corrected chi connectivity index (χ1v) is 10.9. The Kier molecular flexibility index (Phi) is 6.79. The minimum absolute atomic E-state index is 0.434. The first-order valence-electron chi connectivity index (χ1n) is 10.9. The van der Waals surface area contributed by atoms with Crippen LogP contribution in [0, 0.1) is 0 Å². The number of aliphatic hydroxyl groups excluding tert-OH is 4.